The van der Waals surface area contributed by atoms with Crippen LogP contribution in [0.4, 0.5) is 5.69 Å². The van der Waals surface area contributed by atoms with Gasteiger partial charge < -0.3 is 10.6 Å². The molecule has 4 heteroatoms. The molecular weight excluding hydrogens is 334 g/mol. The van der Waals surface area contributed by atoms with Gasteiger partial charge in [-0.25, -0.2) is 0 Å². The number of amides is 1. The number of nitrogens with one attached hydrogen (secondary N) is 2. The Labute approximate surface area is 164 Å². The lowest BCUT2D eigenvalue weighted by Crippen LogP contribution is -2.26. The number of hydrogen-bond donors (Lipinski definition) is 2. The highest BCUT2D eigenvalue weighted by Gasteiger charge is 2.12. The van der Waals surface area contributed by atoms with Crippen LogP contribution in [0, 0.1) is 18.3 Å². The zero-order chi connectivity index (χ0) is 19.3. The summed E-state index contributed by atoms with van der Waals surface area (Å²) in [6.07, 6.45) is 15.5. The summed E-state index contributed by atoms with van der Waals surface area (Å²) >= 11 is 0. The van der Waals surface area contributed by atoms with E-state index in [-0.39, 0.29) is 11.5 Å². The van der Waals surface area contributed by atoms with Crippen molar-refractivity contribution >= 4 is 11.6 Å². The fraction of sp³-hybridized carbons (Fsp3) is 0.565. The molecule has 1 saturated carbocycles. The van der Waals surface area contributed by atoms with Crippen molar-refractivity contribution in [2.45, 2.75) is 83.6 Å². The van der Waals surface area contributed by atoms with Crippen molar-refractivity contribution in [1.82, 2.24) is 5.32 Å². The molecule has 146 valence electrons. The highest BCUT2D eigenvalue weighted by molar-refractivity contribution is 6.06. The fourth-order valence-electron chi connectivity index (χ4n) is 3.60. The molecule has 1 aromatic carbocycles. The van der Waals surface area contributed by atoms with E-state index in [1.54, 1.807) is 6.20 Å². The molecule has 0 bridgehead atoms. The van der Waals surface area contributed by atoms with E-state index in [2.05, 4.69) is 10.6 Å². The fourth-order valence-corrected chi connectivity index (χ4v) is 3.60. The van der Waals surface area contributed by atoms with E-state index in [0.717, 1.165) is 18.4 Å². The van der Waals surface area contributed by atoms with Crippen LogP contribution >= 0.6 is 0 Å². The van der Waals surface area contributed by atoms with Gasteiger partial charge in [-0.05, 0) is 37.5 Å². The van der Waals surface area contributed by atoms with Crippen molar-refractivity contribution < 1.29 is 4.79 Å². The molecule has 0 aromatic heterocycles. The number of nitriles is 1. The van der Waals surface area contributed by atoms with Crippen LogP contribution in [0.2, 0.25) is 0 Å². The van der Waals surface area contributed by atoms with Gasteiger partial charge in [0.2, 0.25) is 0 Å². The molecule has 1 amide bonds. The minimum absolute atomic E-state index is 0.127. The van der Waals surface area contributed by atoms with Gasteiger partial charge in [-0.3, -0.25) is 4.79 Å². The quantitative estimate of drug-likeness (QED) is 0.537. The van der Waals surface area contributed by atoms with Gasteiger partial charge in [0.1, 0.15) is 11.6 Å². The monoisotopic (exact) mass is 367 g/mol. The average molecular weight is 368 g/mol. The van der Waals surface area contributed by atoms with Crippen molar-refractivity contribution in [1.29, 1.82) is 5.26 Å². The molecule has 0 atom stereocenters. The van der Waals surface area contributed by atoms with Gasteiger partial charge in [0.15, 0.2) is 0 Å². The summed E-state index contributed by atoms with van der Waals surface area (Å²) in [5.41, 5.74) is 1.91. The van der Waals surface area contributed by atoms with Crippen LogP contribution in [0.3, 0.4) is 0 Å². The standard InChI is InChI=1S/C23H33N3O/c1-19-12-11-15-22(16-19)26-23(27)20(17-24)18-25-21-13-9-7-5-3-2-4-6-8-10-14-21/h11-12,15-16,18,21,25H,2-10,13-14H2,1H3,(H,26,27)/b20-18-. The van der Waals surface area contributed by atoms with Crippen LogP contribution in [-0.4, -0.2) is 11.9 Å². The third kappa shape index (κ3) is 8.30. The Morgan fingerprint density at radius 2 is 1.63 bits per heavy atom. The molecule has 0 saturated heterocycles. The summed E-state index contributed by atoms with van der Waals surface area (Å²) < 4.78 is 0. The van der Waals surface area contributed by atoms with Gasteiger partial charge >= 0.3 is 0 Å². The summed E-state index contributed by atoms with van der Waals surface area (Å²) in [5, 5.41) is 15.6. The van der Waals surface area contributed by atoms with Gasteiger partial charge in [0.05, 0.1) is 0 Å². The van der Waals surface area contributed by atoms with E-state index >= 15 is 0 Å². The van der Waals surface area contributed by atoms with E-state index in [0.29, 0.717) is 11.7 Å². The topological polar surface area (TPSA) is 64.9 Å². The number of benzene rings is 1. The molecule has 2 N–H and O–H groups in total. The molecule has 27 heavy (non-hydrogen) atoms. The summed E-state index contributed by atoms with van der Waals surface area (Å²) in [6.45, 7) is 1.97. The van der Waals surface area contributed by atoms with E-state index in [1.807, 2.05) is 37.3 Å². The molecule has 0 aliphatic heterocycles. The largest absolute Gasteiger partial charge is 0.387 e. The van der Waals surface area contributed by atoms with Gasteiger partial charge in [-0.2, -0.15) is 5.26 Å². The van der Waals surface area contributed by atoms with Crippen molar-refractivity contribution in [2.75, 3.05) is 5.32 Å². The number of hydrogen-bond acceptors (Lipinski definition) is 3. The lowest BCUT2D eigenvalue weighted by atomic mass is 9.98. The second kappa shape index (κ2) is 12.2. The van der Waals surface area contributed by atoms with Crippen LogP contribution in [-0.2, 0) is 4.79 Å². The Morgan fingerprint density at radius 1 is 1.04 bits per heavy atom. The molecule has 1 aliphatic rings. The normalized spacial score (nSPS) is 17.9. The predicted molar refractivity (Wildman–Crippen MR) is 111 cm³/mol. The third-order valence-electron chi connectivity index (χ3n) is 5.21. The minimum atomic E-state index is -0.358. The number of carbonyl (C=O) groups excluding carboxylic acids is 1. The van der Waals surface area contributed by atoms with Crippen molar-refractivity contribution in [3.05, 3.63) is 41.6 Å². The van der Waals surface area contributed by atoms with E-state index in [1.165, 1.54) is 57.8 Å². The van der Waals surface area contributed by atoms with Gasteiger partial charge in [-0.1, -0.05) is 69.9 Å². The van der Waals surface area contributed by atoms with Crippen LogP contribution in [0.1, 0.15) is 76.2 Å². The molecule has 1 aliphatic carbocycles. The first kappa shape index (κ1) is 21.0. The first-order valence-corrected chi connectivity index (χ1v) is 10.4. The lowest BCUT2D eigenvalue weighted by molar-refractivity contribution is -0.112. The van der Waals surface area contributed by atoms with Crippen molar-refractivity contribution in [3.8, 4) is 6.07 Å². The average Bonchev–Trinajstić information content (AvgIpc) is 2.64. The lowest BCUT2D eigenvalue weighted by Gasteiger charge is -2.18. The molecule has 0 unspecified atom stereocenters. The smallest absolute Gasteiger partial charge is 0.267 e. The number of anilines is 1. The maximum Gasteiger partial charge on any atom is 0.267 e. The second-order valence-electron chi connectivity index (χ2n) is 7.62. The van der Waals surface area contributed by atoms with Gasteiger partial charge in [-0.15, -0.1) is 0 Å². The van der Waals surface area contributed by atoms with Crippen LogP contribution < -0.4 is 10.6 Å². The van der Waals surface area contributed by atoms with Crippen molar-refractivity contribution in [2.24, 2.45) is 0 Å². The maximum atomic E-state index is 12.4. The number of aryl methyl sites for hydroxylation is 1. The van der Waals surface area contributed by atoms with E-state index < -0.39 is 0 Å². The van der Waals surface area contributed by atoms with Crippen LogP contribution in [0.15, 0.2) is 36.0 Å². The minimum Gasteiger partial charge on any atom is -0.387 e. The van der Waals surface area contributed by atoms with Crippen LogP contribution in [0.25, 0.3) is 0 Å². The Kier molecular flexibility index (Phi) is 9.48. The highest BCUT2D eigenvalue weighted by Crippen LogP contribution is 2.17. The van der Waals surface area contributed by atoms with Gasteiger partial charge in [0.25, 0.3) is 5.91 Å². The zero-order valence-corrected chi connectivity index (χ0v) is 16.6. The Bertz CT molecular complexity index is 648. The zero-order valence-electron chi connectivity index (χ0n) is 16.6. The first-order chi connectivity index (χ1) is 13.2. The van der Waals surface area contributed by atoms with Crippen LogP contribution in [0.5, 0.6) is 0 Å². The molecule has 0 radical (unpaired) electrons. The van der Waals surface area contributed by atoms with Crippen molar-refractivity contribution in [3.63, 3.8) is 0 Å². The summed E-state index contributed by atoms with van der Waals surface area (Å²) in [7, 11) is 0. The second-order valence-corrected chi connectivity index (χ2v) is 7.62. The molecular formula is C23H33N3O. The molecule has 0 spiro atoms. The third-order valence-corrected chi connectivity index (χ3v) is 5.21. The van der Waals surface area contributed by atoms with Gasteiger partial charge in [0, 0.05) is 17.9 Å². The molecule has 1 aromatic rings. The summed E-state index contributed by atoms with van der Waals surface area (Å²) in [4.78, 5) is 12.4. The number of nitrogens with zero attached hydrogens (tertiary/aromatic N) is 1. The first-order valence-electron chi connectivity index (χ1n) is 10.4. The molecule has 1 fully saturated rings. The Hall–Kier alpha value is -2.28. The number of rotatable bonds is 4. The Morgan fingerprint density at radius 3 is 2.19 bits per heavy atom. The molecule has 2 rings (SSSR count). The highest BCUT2D eigenvalue weighted by atomic mass is 16.1. The van der Waals surface area contributed by atoms with E-state index in [9.17, 15) is 10.1 Å². The Balaban J connectivity index is 1.91. The molecule has 0 heterocycles. The SMILES string of the molecule is Cc1cccc(NC(=O)/C(C#N)=C\NC2CCCCCCCCCCC2)c1. The number of carbonyl (C=O) groups is 1. The predicted octanol–water partition coefficient (Wildman–Crippen LogP) is 5.60. The summed E-state index contributed by atoms with van der Waals surface area (Å²) in [6, 6.07) is 9.97. The maximum absolute atomic E-state index is 12.4. The van der Waals surface area contributed by atoms with E-state index in [4.69, 9.17) is 0 Å². The summed E-state index contributed by atoms with van der Waals surface area (Å²) in [5.74, 6) is -0.358. The molecule has 4 nitrogen and oxygen atoms in total.